The predicted octanol–water partition coefficient (Wildman–Crippen LogP) is 0.452. The number of hydrogen-bond acceptors (Lipinski definition) is 2. The molecular formula is C6H8N2O. The fourth-order valence-corrected chi connectivity index (χ4v) is 0.235. The van der Waals surface area contributed by atoms with Crippen molar-refractivity contribution in [1.82, 2.24) is 5.32 Å². The molecule has 0 aromatic carbocycles. The first kappa shape index (κ1) is 7.62. The lowest BCUT2D eigenvalue weighted by atomic mass is 10.5. The largest absolute Gasteiger partial charge is 0.308 e. The third kappa shape index (κ3) is 3.22. The molecule has 0 saturated carbocycles. The van der Waals surface area contributed by atoms with Gasteiger partial charge in [0.1, 0.15) is 5.84 Å². The number of hydrogen-bond donors (Lipinski definition) is 2. The van der Waals surface area contributed by atoms with Crippen molar-refractivity contribution in [2.75, 3.05) is 0 Å². The smallest absolute Gasteiger partial charge is 0.248 e. The summed E-state index contributed by atoms with van der Waals surface area (Å²) in [5, 5.41) is 9.06. The van der Waals surface area contributed by atoms with E-state index in [0.29, 0.717) is 0 Å². The molecule has 0 bridgehead atoms. The van der Waals surface area contributed by atoms with Crippen molar-refractivity contribution in [2.24, 2.45) is 0 Å². The van der Waals surface area contributed by atoms with Crippen molar-refractivity contribution in [3.8, 4) is 0 Å². The van der Waals surface area contributed by atoms with Gasteiger partial charge in [0.05, 0.1) is 0 Å². The molecule has 0 saturated heterocycles. The Balaban J connectivity index is 3.73. The maximum absolute atomic E-state index is 10.4. The summed E-state index contributed by atoms with van der Waals surface area (Å²) in [6.45, 7) is 6.48. The number of amides is 1. The van der Waals surface area contributed by atoms with E-state index >= 15 is 0 Å². The minimum atomic E-state index is -0.389. The highest BCUT2D eigenvalue weighted by atomic mass is 16.1. The second-order valence-electron chi connectivity index (χ2n) is 1.31. The molecule has 0 rings (SSSR count). The van der Waals surface area contributed by atoms with E-state index in [1.807, 2.05) is 0 Å². The normalized spacial score (nSPS) is 7.56. The molecule has 0 fully saturated rings. The lowest BCUT2D eigenvalue weighted by Gasteiger charge is -1.94. The summed E-state index contributed by atoms with van der Waals surface area (Å²) in [5.41, 5.74) is 0. The summed E-state index contributed by atoms with van der Waals surface area (Å²) in [6, 6.07) is 0. The molecule has 0 radical (unpaired) electrons. The van der Waals surface area contributed by atoms with E-state index in [4.69, 9.17) is 5.41 Å². The molecule has 0 aliphatic carbocycles. The minimum absolute atomic E-state index is 0.0140. The molecular weight excluding hydrogens is 116 g/mol. The van der Waals surface area contributed by atoms with E-state index < -0.39 is 0 Å². The Morgan fingerprint density at radius 1 is 1.44 bits per heavy atom. The molecule has 0 unspecified atom stereocenters. The van der Waals surface area contributed by atoms with Gasteiger partial charge in [-0.15, -0.1) is 0 Å². The molecule has 3 nitrogen and oxygen atoms in total. The van der Waals surface area contributed by atoms with Crippen LogP contribution in [-0.2, 0) is 4.79 Å². The number of carbonyl (C=O) groups excluding carboxylic acids is 1. The minimum Gasteiger partial charge on any atom is -0.308 e. The summed E-state index contributed by atoms with van der Waals surface area (Å²) in [7, 11) is 0. The Bertz CT molecular complexity index is 142. The summed E-state index contributed by atoms with van der Waals surface area (Å²) in [4.78, 5) is 10.4. The second kappa shape index (κ2) is 3.60. The predicted molar refractivity (Wildman–Crippen MR) is 36.3 cm³/mol. The molecule has 0 aliphatic rings. The van der Waals surface area contributed by atoms with Gasteiger partial charge in [0.2, 0.25) is 5.91 Å². The molecule has 0 aromatic heterocycles. The van der Waals surface area contributed by atoms with Gasteiger partial charge >= 0.3 is 0 Å². The van der Waals surface area contributed by atoms with Crippen LogP contribution in [0.3, 0.4) is 0 Å². The molecule has 0 atom stereocenters. The van der Waals surface area contributed by atoms with Gasteiger partial charge in [-0.05, 0) is 12.2 Å². The Hall–Kier alpha value is -1.38. The van der Waals surface area contributed by atoms with E-state index in [1.165, 1.54) is 6.08 Å². The first-order valence-electron chi connectivity index (χ1n) is 2.35. The number of rotatable bonds is 2. The van der Waals surface area contributed by atoms with E-state index in [2.05, 4.69) is 18.5 Å². The molecule has 2 N–H and O–H groups in total. The summed E-state index contributed by atoms with van der Waals surface area (Å²) in [6.07, 6.45) is 2.33. The van der Waals surface area contributed by atoms with Crippen LogP contribution in [0, 0.1) is 5.41 Å². The van der Waals surface area contributed by atoms with Crippen LogP contribution in [-0.4, -0.2) is 11.7 Å². The first-order valence-corrected chi connectivity index (χ1v) is 2.35. The van der Waals surface area contributed by atoms with E-state index in [9.17, 15) is 4.79 Å². The van der Waals surface area contributed by atoms with Crippen molar-refractivity contribution in [1.29, 1.82) is 5.41 Å². The summed E-state index contributed by atoms with van der Waals surface area (Å²) in [5.74, 6) is -0.403. The quantitative estimate of drug-likeness (QED) is 0.313. The monoisotopic (exact) mass is 124 g/mol. The number of carbonyl (C=O) groups is 1. The number of nitrogens with one attached hydrogen (secondary N) is 2. The Labute approximate surface area is 53.6 Å². The topological polar surface area (TPSA) is 53.0 Å². The van der Waals surface area contributed by atoms with Gasteiger partial charge in [-0.1, -0.05) is 13.2 Å². The van der Waals surface area contributed by atoms with Gasteiger partial charge in [-0.3, -0.25) is 10.2 Å². The molecule has 1 amide bonds. The van der Waals surface area contributed by atoms with E-state index in [1.54, 1.807) is 0 Å². The van der Waals surface area contributed by atoms with Gasteiger partial charge in [0.25, 0.3) is 0 Å². The third-order valence-electron chi connectivity index (χ3n) is 0.647. The molecule has 48 valence electrons. The van der Waals surface area contributed by atoms with Crippen molar-refractivity contribution in [3.05, 3.63) is 25.3 Å². The fraction of sp³-hybridized carbons (Fsp3) is 0. The van der Waals surface area contributed by atoms with Crippen molar-refractivity contribution >= 4 is 11.7 Å². The highest BCUT2D eigenvalue weighted by Gasteiger charge is 1.92. The average molecular weight is 124 g/mol. The number of amidine groups is 1. The van der Waals surface area contributed by atoms with Crippen LogP contribution >= 0.6 is 0 Å². The SMILES string of the molecule is C=CC(=N)NC(=O)C=C. The molecule has 0 spiro atoms. The van der Waals surface area contributed by atoms with Crippen molar-refractivity contribution in [2.45, 2.75) is 0 Å². The molecule has 0 aliphatic heterocycles. The zero-order valence-electron chi connectivity index (χ0n) is 4.98. The maximum atomic E-state index is 10.4. The summed E-state index contributed by atoms with van der Waals surface area (Å²) < 4.78 is 0. The van der Waals surface area contributed by atoms with Crippen LogP contribution in [0.25, 0.3) is 0 Å². The van der Waals surface area contributed by atoms with Crippen LogP contribution in [0.15, 0.2) is 25.3 Å². The highest BCUT2D eigenvalue weighted by molar-refractivity contribution is 6.05. The van der Waals surface area contributed by atoms with Gasteiger partial charge in [0, 0.05) is 0 Å². The average Bonchev–Trinajstić information content (AvgIpc) is 1.87. The summed E-state index contributed by atoms with van der Waals surface area (Å²) >= 11 is 0. The molecule has 0 aromatic rings. The third-order valence-corrected chi connectivity index (χ3v) is 0.647. The van der Waals surface area contributed by atoms with Gasteiger partial charge in [0.15, 0.2) is 0 Å². The van der Waals surface area contributed by atoms with Crippen molar-refractivity contribution < 1.29 is 4.79 Å². The van der Waals surface area contributed by atoms with Crippen LogP contribution in [0.4, 0.5) is 0 Å². The lowest BCUT2D eigenvalue weighted by Crippen LogP contribution is -2.25. The lowest BCUT2D eigenvalue weighted by molar-refractivity contribution is -0.115. The van der Waals surface area contributed by atoms with Gasteiger partial charge in [-0.25, -0.2) is 0 Å². The van der Waals surface area contributed by atoms with Gasteiger partial charge < -0.3 is 5.32 Å². The first-order chi connectivity index (χ1) is 4.20. The molecule has 9 heavy (non-hydrogen) atoms. The highest BCUT2D eigenvalue weighted by Crippen LogP contribution is 1.69. The second-order valence-corrected chi connectivity index (χ2v) is 1.31. The fourth-order valence-electron chi connectivity index (χ4n) is 0.235. The molecule has 3 heteroatoms. The zero-order chi connectivity index (χ0) is 7.28. The Morgan fingerprint density at radius 3 is 2.33 bits per heavy atom. The van der Waals surface area contributed by atoms with Gasteiger partial charge in [-0.2, -0.15) is 0 Å². The van der Waals surface area contributed by atoms with Crippen LogP contribution < -0.4 is 5.32 Å². The van der Waals surface area contributed by atoms with Crippen LogP contribution in [0.5, 0.6) is 0 Å². The maximum Gasteiger partial charge on any atom is 0.248 e. The van der Waals surface area contributed by atoms with Crippen LogP contribution in [0.1, 0.15) is 0 Å². The van der Waals surface area contributed by atoms with Crippen molar-refractivity contribution in [3.63, 3.8) is 0 Å². The Morgan fingerprint density at radius 2 is 2.00 bits per heavy atom. The van der Waals surface area contributed by atoms with Crippen LogP contribution in [0.2, 0.25) is 0 Å². The van der Waals surface area contributed by atoms with E-state index in [0.717, 1.165) is 6.08 Å². The Kier molecular flexibility index (Phi) is 3.05. The molecule has 0 heterocycles. The standard InChI is InChI=1S/C6H8N2O/c1-3-5(7)8-6(9)4-2/h3-4H,1-2H2,(H2,7,8,9). The van der Waals surface area contributed by atoms with E-state index in [-0.39, 0.29) is 11.7 Å². The zero-order valence-corrected chi connectivity index (χ0v) is 4.98.